The molecule has 0 unspecified atom stereocenters. The van der Waals surface area contributed by atoms with Crippen LogP contribution in [-0.2, 0) is 13.1 Å². The summed E-state index contributed by atoms with van der Waals surface area (Å²) in [5.41, 5.74) is 2.82. The first kappa shape index (κ1) is 19.2. The third-order valence-electron chi connectivity index (χ3n) is 6.23. The molecule has 0 spiro atoms. The summed E-state index contributed by atoms with van der Waals surface area (Å²) >= 11 is 0. The zero-order valence-corrected chi connectivity index (χ0v) is 17.2. The highest BCUT2D eigenvalue weighted by Crippen LogP contribution is 2.25. The van der Waals surface area contributed by atoms with Crippen molar-refractivity contribution in [3.05, 3.63) is 54.0 Å². The Balaban J connectivity index is 1.23. The van der Waals surface area contributed by atoms with Crippen LogP contribution in [0.3, 0.4) is 0 Å². The van der Waals surface area contributed by atoms with E-state index in [9.17, 15) is 4.79 Å². The van der Waals surface area contributed by atoms with Gasteiger partial charge < -0.3 is 5.32 Å². The number of fused-ring (bicyclic) bond motifs is 1. The van der Waals surface area contributed by atoms with Gasteiger partial charge in [-0.3, -0.25) is 19.4 Å². The molecule has 1 saturated carbocycles. The van der Waals surface area contributed by atoms with Crippen LogP contribution >= 0.6 is 0 Å². The van der Waals surface area contributed by atoms with Gasteiger partial charge in [0.2, 0.25) is 0 Å². The minimum Gasteiger partial charge on any atom is -0.348 e. The van der Waals surface area contributed by atoms with Crippen molar-refractivity contribution in [2.75, 3.05) is 6.54 Å². The first-order valence-electron chi connectivity index (χ1n) is 11.0. The van der Waals surface area contributed by atoms with Gasteiger partial charge in [-0.1, -0.05) is 29.8 Å². The van der Waals surface area contributed by atoms with Crippen LogP contribution in [0.15, 0.2) is 42.7 Å². The van der Waals surface area contributed by atoms with E-state index in [2.05, 4.69) is 49.8 Å². The van der Waals surface area contributed by atoms with Crippen molar-refractivity contribution < 1.29 is 4.79 Å². The van der Waals surface area contributed by atoms with Crippen molar-refractivity contribution >= 4 is 16.8 Å². The number of hydrogen-bond acceptors (Lipinski definition) is 5. The number of aryl methyl sites for hydroxylation is 1. The molecular weight excluding hydrogens is 376 g/mol. The molecule has 2 aliphatic rings. The molecule has 1 aromatic carbocycles. The molecule has 1 atom stereocenters. The molecule has 1 aliphatic heterocycles. The molecule has 0 bridgehead atoms. The molecule has 3 heterocycles. The summed E-state index contributed by atoms with van der Waals surface area (Å²) in [5, 5.41) is 12.5. The van der Waals surface area contributed by atoms with Crippen LogP contribution in [0.2, 0.25) is 0 Å². The molecular formula is C23H28N6O. The van der Waals surface area contributed by atoms with Gasteiger partial charge in [-0.05, 0) is 56.3 Å². The number of aromatic nitrogens is 4. The van der Waals surface area contributed by atoms with E-state index in [1.54, 1.807) is 6.20 Å². The number of carbonyl (C=O) groups is 1. The molecule has 7 nitrogen and oxygen atoms in total. The molecule has 0 radical (unpaired) electrons. The van der Waals surface area contributed by atoms with Crippen LogP contribution in [0.4, 0.5) is 0 Å². The molecule has 2 fully saturated rings. The standard InChI is InChI=1S/C23H28N6O/c30-23(25-18-9-10-18)22-16-29(27-26-22)14-11-19-6-1-2-13-28(19)15-17-5-3-8-21-20(17)7-4-12-24-21/h3-5,7-8,12,16,18-19H,1-2,6,9-11,13-15H2,(H,25,30)/t19-/m1/s1. The number of amides is 1. The fraction of sp³-hybridized carbons (Fsp3) is 0.478. The molecule has 2 aromatic heterocycles. The molecule has 156 valence electrons. The van der Waals surface area contributed by atoms with Crippen molar-refractivity contribution in [3.63, 3.8) is 0 Å². The normalized spacial score (nSPS) is 19.8. The second-order valence-corrected chi connectivity index (χ2v) is 8.51. The smallest absolute Gasteiger partial charge is 0.273 e. The topological polar surface area (TPSA) is 75.9 Å². The Kier molecular flexibility index (Phi) is 5.45. The Morgan fingerprint density at radius 3 is 2.97 bits per heavy atom. The Labute approximate surface area is 176 Å². The number of carbonyl (C=O) groups excluding carboxylic acids is 1. The molecule has 5 rings (SSSR count). The summed E-state index contributed by atoms with van der Waals surface area (Å²) in [6.07, 6.45) is 10.5. The van der Waals surface area contributed by atoms with Crippen LogP contribution in [0.25, 0.3) is 10.9 Å². The van der Waals surface area contributed by atoms with Crippen LogP contribution in [0, 0.1) is 0 Å². The van der Waals surface area contributed by atoms with E-state index in [0.29, 0.717) is 17.8 Å². The Morgan fingerprint density at radius 2 is 2.07 bits per heavy atom. The zero-order valence-electron chi connectivity index (χ0n) is 17.2. The summed E-state index contributed by atoms with van der Waals surface area (Å²) in [5.74, 6) is -0.104. The average molecular weight is 405 g/mol. The van der Waals surface area contributed by atoms with Gasteiger partial charge in [0.25, 0.3) is 5.91 Å². The first-order valence-corrected chi connectivity index (χ1v) is 11.0. The number of hydrogen-bond donors (Lipinski definition) is 1. The van der Waals surface area contributed by atoms with Gasteiger partial charge in [-0.25, -0.2) is 0 Å². The lowest BCUT2D eigenvalue weighted by Crippen LogP contribution is -2.39. The lowest BCUT2D eigenvalue weighted by Gasteiger charge is -2.36. The SMILES string of the molecule is O=C(NC1CC1)c1cn(CC[C@H]2CCCCN2Cc2cccc3ncccc23)nn1. The number of pyridine rings is 1. The monoisotopic (exact) mass is 404 g/mol. The fourth-order valence-electron chi connectivity index (χ4n) is 4.40. The van der Waals surface area contributed by atoms with E-state index >= 15 is 0 Å². The number of likely N-dealkylation sites (tertiary alicyclic amines) is 1. The Morgan fingerprint density at radius 1 is 1.13 bits per heavy atom. The largest absolute Gasteiger partial charge is 0.348 e. The van der Waals surface area contributed by atoms with Gasteiger partial charge in [0, 0.05) is 36.8 Å². The maximum absolute atomic E-state index is 12.1. The van der Waals surface area contributed by atoms with Gasteiger partial charge in [0.05, 0.1) is 11.7 Å². The summed E-state index contributed by atoms with van der Waals surface area (Å²) in [6, 6.07) is 11.4. The number of rotatable bonds is 7. The number of nitrogens with one attached hydrogen (secondary N) is 1. The van der Waals surface area contributed by atoms with Crippen LogP contribution in [0.1, 0.15) is 54.6 Å². The third-order valence-corrected chi connectivity index (χ3v) is 6.23. The summed E-state index contributed by atoms with van der Waals surface area (Å²) in [7, 11) is 0. The highest BCUT2D eigenvalue weighted by Gasteiger charge is 2.26. The summed E-state index contributed by atoms with van der Waals surface area (Å²) in [6.45, 7) is 2.84. The maximum Gasteiger partial charge on any atom is 0.273 e. The molecule has 7 heteroatoms. The maximum atomic E-state index is 12.1. The van der Waals surface area contributed by atoms with Gasteiger partial charge in [0.1, 0.15) is 0 Å². The van der Waals surface area contributed by atoms with Crippen LogP contribution in [0.5, 0.6) is 0 Å². The highest BCUT2D eigenvalue weighted by molar-refractivity contribution is 5.92. The minimum atomic E-state index is -0.104. The predicted octanol–water partition coefficient (Wildman–Crippen LogP) is 3.16. The van der Waals surface area contributed by atoms with E-state index in [1.807, 2.05) is 16.9 Å². The molecule has 3 aromatic rings. The van der Waals surface area contributed by atoms with Crippen molar-refractivity contribution in [2.45, 2.75) is 63.7 Å². The minimum absolute atomic E-state index is 0.104. The first-order chi connectivity index (χ1) is 14.8. The van der Waals surface area contributed by atoms with Gasteiger partial charge in [0.15, 0.2) is 5.69 Å². The molecule has 1 aliphatic carbocycles. The van der Waals surface area contributed by atoms with Gasteiger partial charge in [-0.15, -0.1) is 5.10 Å². The average Bonchev–Trinajstić information content (AvgIpc) is 3.46. The Bertz CT molecular complexity index is 1020. The molecule has 30 heavy (non-hydrogen) atoms. The molecule has 1 N–H and O–H groups in total. The quantitative estimate of drug-likeness (QED) is 0.655. The predicted molar refractivity (Wildman–Crippen MR) is 115 cm³/mol. The molecule has 1 amide bonds. The van der Waals surface area contributed by atoms with Crippen molar-refractivity contribution in [1.82, 2.24) is 30.2 Å². The van der Waals surface area contributed by atoms with Crippen LogP contribution < -0.4 is 5.32 Å². The second-order valence-electron chi connectivity index (χ2n) is 8.51. The molecule has 1 saturated heterocycles. The van der Waals surface area contributed by atoms with Crippen molar-refractivity contribution in [1.29, 1.82) is 0 Å². The lowest BCUT2D eigenvalue weighted by atomic mass is 9.97. The van der Waals surface area contributed by atoms with E-state index in [1.165, 1.54) is 30.2 Å². The summed E-state index contributed by atoms with van der Waals surface area (Å²) in [4.78, 5) is 19.2. The number of benzene rings is 1. The van der Waals surface area contributed by atoms with Crippen LogP contribution in [-0.4, -0.2) is 49.4 Å². The van der Waals surface area contributed by atoms with E-state index < -0.39 is 0 Å². The number of piperidine rings is 1. The van der Waals surface area contributed by atoms with Gasteiger partial charge >= 0.3 is 0 Å². The van der Waals surface area contributed by atoms with E-state index in [-0.39, 0.29) is 5.91 Å². The fourth-order valence-corrected chi connectivity index (χ4v) is 4.40. The van der Waals surface area contributed by atoms with E-state index in [0.717, 1.165) is 44.4 Å². The Hall–Kier alpha value is -2.80. The third kappa shape index (κ3) is 4.36. The van der Waals surface area contributed by atoms with Crippen molar-refractivity contribution in [2.24, 2.45) is 0 Å². The lowest BCUT2D eigenvalue weighted by molar-refractivity contribution is 0.0946. The van der Waals surface area contributed by atoms with Gasteiger partial charge in [-0.2, -0.15) is 0 Å². The van der Waals surface area contributed by atoms with Crippen molar-refractivity contribution in [3.8, 4) is 0 Å². The highest BCUT2D eigenvalue weighted by atomic mass is 16.2. The number of nitrogens with zero attached hydrogens (tertiary/aromatic N) is 5. The second kappa shape index (κ2) is 8.52. The zero-order chi connectivity index (χ0) is 20.3. The summed E-state index contributed by atoms with van der Waals surface area (Å²) < 4.78 is 1.82. The van der Waals surface area contributed by atoms with E-state index in [4.69, 9.17) is 0 Å².